The van der Waals surface area contributed by atoms with E-state index in [1.54, 1.807) is 0 Å². The van der Waals surface area contributed by atoms with Gasteiger partial charge in [-0.3, -0.25) is 4.79 Å². The van der Waals surface area contributed by atoms with Crippen LogP contribution in [0.1, 0.15) is 87.9 Å². The van der Waals surface area contributed by atoms with E-state index < -0.39 is 0 Å². The second-order valence-electron chi connectivity index (χ2n) is 8.46. The van der Waals surface area contributed by atoms with Gasteiger partial charge in [-0.1, -0.05) is 69.4 Å². The van der Waals surface area contributed by atoms with E-state index in [2.05, 4.69) is 6.92 Å². The van der Waals surface area contributed by atoms with Crippen LogP contribution in [0.5, 0.6) is 0 Å². The summed E-state index contributed by atoms with van der Waals surface area (Å²) < 4.78 is 0. The van der Waals surface area contributed by atoms with Gasteiger partial charge in [0.1, 0.15) is 0 Å². The van der Waals surface area contributed by atoms with Crippen molar-refractivity contribution in [3.63, 3.8) is 0 Å². The monoisotopic (exact) mass is 312 g/mol. The van der Waals surface area contributed by atoms with Crippen molar-refractivity contribution in [1.29, 1.82) is 0 Å². The molecule has 0 aliphatic heterocycles. The Labute approximate surface area is 141 Å². The molecular formula is C22H32O. The van der Waals surface area contributed by atoms with Crippen LogP contribution in [0.15, 0.2) is 30.3 Å². The summed E-state index contributed by atoms with van der Waals surface area (Å²) in [5.74, 6) is 1.89. The van der Waals surface area contributed by atoms with Crippen molar-refractivity contribution in [2.75, 3.05) is 0 Å². The van der Waals surface area contributed by atoms with Gasteiger partial charge in [-0.25, -0.2) is 0 Å². The van der Waals surface area contributed by atoms with Gasteiger partial charge in [0, 0.05) is 12.0 Å². The fourth-order valence-electron chi connectivity index (χ4n) is 4.97. The molecule has 2 fully saturated rings. The van der Waals surface area contributed by atoms with Gasteiger partial charge < -0.3 is 0 Å². The Bertz CT molecular complexity index is 506. The van der Waals surface area contributed by atoms with Gasteiger partial charge in [-0.05, 0) is 49.4 Å². The average Bonchev–Trinajstić information content (AvgIpc) is 2.59. The van der Waals surface area contributed by atoms with Crippen molar-refractivity contribution in [3.8, 4) is 0 Å². The fraction of sp³-hybridized carbons (Fsp3) is 0.682. The van der Waals surface area contributed by atoms with E-state index in [1.807, 2.05) is 30.3 Å². The van der Waals surface area contributed by atoms with Gasteiger partial charge in [-0.2, -0.15) is 0 Å². The molecule has 0 spiro atoms. The maximum atomic E-state index is 12.6. The summed E-state index contributed by atoms with van der Waals surface area (Å²) in [5, 5.41) is 0. The van der Waals surface area contributed by atoms with Crippen LogP contribution in [-0.4, -0.2) is 5.78 Å². The summed E-state index contributed by atoms with van der Waals surface area (Å²) in [5.41, 5.74) is 1.38. The molecule has 1 heteroatoms. The van der Waals surface area contributed by atoms with Gasteiger partial charge >= 0.3 is 0 Å². The highest BCUT2D eigenvalue weighted by atomic mass is 16.1. The number of fused-ring (bicyclic) bond motifs is 3. The van der Waals surface area contributed by atoms with Crippen molar-refractivity contribution in [2.24, 2.45) is 17.3 Å². The van der Waals surface area contributed by atoms with Gasteiger partial charge in [0.2, 0.25) is 0 Å². The molecule has 1 aromatic rings. The third-order valence-corrected chi connectivity index (χ3v) is 6.37. The zero-order valence-corrected chi connectivity index (χ0v) is 14.7. The normalized spacial score (nSPS) is 32.2. The number of hydrogen-bond acceptors (Lipinski definition) is 1. The quantitative estimate of drug-likeness (QED) is 0.588. The molecule has 0 heterocycles. The Morgan fingerprint density at radius 3 is 2.61 bits per heavy atom. The Hall–Kier alpha value is -1.11. The van der Waals surface area contributed by atoms with Crippen LogP contribution in [0.4, 0.5) is 0 Å². The highest BCUT2D eigenvalue weighted by Crippen LogP contribution is 2.44. The van der Waals surface area contributed by atoms with Crippen molar-refractivity contribution in [3.05, 3.63) is 35.9 Å². The predicted molar refractivity (Wildman–Crippen MR) is 96.6 cm³/mol. The zero-order valence-electron chi connectivity index (χ0n) is 14.7. The van der Waals surface area contributed by atoms with Gasteiger partial charge in [0.15, 0.2) is 5.78 Å². The number of benzene rings is 1. The third-order valence-electron chi connectivity index (χ3n) is 6.37. The molecule has 0 aromatic heterocycles. The summed E-state index contributed by atoms with van der Waals surface area (Å²) in [7, 11) is 0. The molecule has 2 aliphatic rings. The van der Waals surface area contributed by atoms with E-state index in [0.29, 0.717) is 17.1 Å². The van der Waals surface area contributed by atoms with Crippen LogP contribution < -0.4 is 0 Å². The number of Topliss-reactive ketones (excluding diaryl/α,β-unsaturated/α-hetero) is 1. The molecule has 2 aliphatic carbocycles. The minimum atomic E-state index is 0.351. The number of ketones is 1. The van der Waals surface area contributed by atoms with E-state index in [9.17, 15) is 4.79 Å². The summed E-state index contributed by atoms with van der Waals surface area (Å²) >= 11 is 0. The smallest absolute Gasteiger partial charge is 0.163 e. The molecule has 0 N–H and O–H groups in total. The molecule has 0 radical (unpaired) electrons. The molecule has 0 amide bonds. The molecule has 2 saturated carbocycles. The first-order valence-corrected chi connectivity index (χ1v) is 9.73. The lowest BCUT2D eigenvalue weighted by atomic mass is 9.70. The molecular weight excluding hydrogens is 280 g/mol. The summed E-state index contributed by atoms with van der Waals surface area (Å²) in [6.45, 7) is 2.50. The van der Waals surface area contributed by atoms with Crippen LogP contribution in [0.3, 0.4) is 0 Å². The fourth-order valence-corrected chi connectivity index (χ4v) is 4.97. The minimum Gasteiger partial charge on any atom is -0.294 e. The van der Waals surface area contributed by atoms with E-state index in [4.69, 9.17) is 0 Å². The van der Waals surface area contributed by atoms with Crippen LogP contribution in [0.25, 0.3) is 0 Å². The first-order chi connectivity index (χ1) is 11.1. The summed E-state index contributed by atoms with van der Waals surface area (Å²) in [6, 6.07) is 9.90. The zero-order chi connectivity index (χ0) is 16.1. The van der Waals surface area contributed by atoms with Crippen LogP contribution >= 0.6 is 0 Å². The van der Waals surface area contributed by atoms with Crippen molar-refractivity contribution in [2.45, 2.75) is 77.6 Å². The van der Waals surface area contributed by atoms with Gasteiger partial charge in [-0.15, -0.1) is 0 Å². The molecule has 1 aromatic carbocycles. The third kappa shape index (κ3) is 4.68. The highest BCUT2D eigenvalue weighted by Gasteiger charge is 2.32. The lowest BCUT2D eigenvalue weighted by Gasteiger charge is -2.35. The lowest BCUT2D eigenvalue weighted by molar-refractivity contribution is 0.0930. The van der Waals surface area contributed by atoms with E-state index in [-0.39, 0.29) is 0 Å². The topological polar surface area (TPSA) is 17.1 Å². The van der Waals surface area contributed by atoms with E-state index in [0.717, 1.165) is 17.9 Å². The number of hydrogen-bond donors (Lipinski definition) is 0. The van der Waals surface area contributed by atoms with Crippen LogP contribution in [-0.2, 0) is 0 Å². The maximum Gasteiger partial charge on any atom is 0.163 e. The Kier molecular flexibility index (Phi) is 5.56. The van der Waals surface area contributed by atoms with Crippen LogP contribution in [0, 0.1) is 17.3 Å². The number of rotatable bonds is 3. The maximum absolute atomic E-state index is 12.6. The number of carbonyl (C=O) groups is 1. The SMILES string of the molecule is CC12CCCC[C@@H](CCCC(CC(=O)c3ccccc3)C1)CC2. The second kappa shape index (κ2) is 7.64. The summed E-state index contributed by atoms with van der Waals surface area (Å²) in [6.07, 6.45) is 14.4. The van der Waals surface area contributed by atoms with Crippen molar-refractivity contribution < 1.29 is 4.79 Å². The first-order valence-electron chi connectivity index (χ1n) is 9.73. The molecule has 2 bridgehead atoms. The minimum absolute atomic E-state index is 0.351. The molecule has 126 valence electrons. The van der Waals surface area contributed by atoms with E-state index >= 15 is 0 Å². The Morgan fingerprint density at radius 1 is 1.00 bits per heavy atom. The molecule has 1 nitrogen and oxygen atoms in total. The highest BCUT2D eigenvalue weighted by molar-refractivity contribution is 5.96. The molecule has 3 atom stereocenters. The van der Waals surface area contributed by atoms with E-state index in [1.165, 1.54) is 64.2 Å². The standard InChI is InChI=1S/C22H32O/c1-22-14-6-5-8-18(13-15-22)9-7-10-19(17-22)16-21(23)20-11-3-2-4-12-20/h2-4,11-12,18-19H,5-10,13-17H2,1H3/t18-,19?,22?/m0/s1. The Balaban J connectivity index is 1.69. The molecule has 3 rings (SSSR count). The van der Waals surface area contributed by atoms with Gasteiger partial charge in [0.25, 0.3) is 0 Å². The largest absolute Gasteiger partial charge is 0.294 e. The van der Waals surface area contributed by atoms with Crippen molar-refractivity contribution >= 4 is 5.78 Å². The molecule has 0 saturated heterocycles. The first kappa shape index (κ1) is 16.7. The Morgan fingerprint density at radius 2 is 1.78 bits per heavy atom. The summed E-state index contributed by atoms with van der Waals surface area (Å²) in [4.78, 5) is 12.6. The van der Waals surface area contributed by atoms with Gasteiger partial charge in [0.05, 0.1) is 0 Å². The van der Waals surface area contributed by atoms with Crippen LogP contribution in [0.2, 0.25) is 0 Å². The molecule has 2 unspecified atom stereocenters. The lowest BCUT2D eigenvalue weighted by Crippen LogP contribution is -2.24. The van der Waals surface area contributed by atoms with Crippen molar-refractivity contribution in [1.82, 2.24) is 0 Å². The molecule has 23 heavy (non-hydrogen) atoms. The second-order valence-corrected chi connectivity index (χ2v) is 8.46. The predicted octanol–water partition coefficient (Wildman–Crippen LogP) is 6.43. The average molecular weight is 312 g/mol. The number of carbonyl (C=O) groups excluding carboxylic acids is 1.